The van der Waals surface area contributed by atoms with E-state index >= 15 is 0 Å². The fraction of sp³-hybridized carbons (Fsp3) is 0.310. The number of anilines is 1. The summed E-state index contributed by atoms with van der Waals surface area (Å²) in [5, 5.41) is 7.21. The predicted molar refractivity (Wildman–Crippen MR) is 147 cm³/mol. The third-order valence-electron chi connectivity index (χ3n) is 6.81. The lowest BCUT2D eigenvalue weighted by molar-refractivity contribution is -0.132. The molecule has 2 aromatic heterocycles. The number of imidazole rings is 1. The fourth-order valence-electron chi connectivity index (χ4n) is 4.82. The molecule has 4 aromatic rings. The Hall–Kier alpha value is -4.24. The Morgan fingerprint density at radius 3 is 2.68 bits per heavy atom. The van der Waals surface area contributed by atoms with Gasteiger partial charge in [-0.05, 0) is 55.5 Å². The van der Waals surface area contributed by atoms with E-state index in [-0.39, 0.29) is 17.9 Å². The summed E-state index contributed by atoms with van der Waals surface area (Å²) >= 11 is 0. The molecule has 1 aliphatic heterocycles. The summed E-state index contributed by atoms with van der Waals surface area (Å²) in [6.45, 7) is 1.42. The first-order chi connectivity index (χ1) is 18.5. The first-order valence-electron chi connectivity index (χ1n) is 13.0. The van der Waals surface area contributed by atoms with Gasteiger partial charge in [0.05, 0.1) is 11.9 Å². The molecular weight excluding hydrogens is 478 g/mol. The molecule has 196 valence electrons. The van der Waals surface area contributed by atoms with E-state index in [0.717, 1.165) is 41.9 Å². The van der Waals surface area contributed by atoms with Crippen LogP contribution in [-0.2, 0) is 18.3 Å². The highest BCUT2D eigenvalue weighted by atomic mass is 16.2. The molecule has 3 N–H and O–H groups in total. The van der Waals surface area contributed by atoms with Gasteiger partial charge in [-0.25, -0.2) is 4.98 Å². The molecule has 1 fully saturated rings. The lowest BCUT2D eigenvalue weighted by Crippen LogP contribution is -2.45. The number of hydrogen-bond acceptors (Lipinski definition) is 5. The van der Waals surface area contributed by atoms with Crippen molar-refractivity contribution in [2.24, 2.45) is 12.8 Å². The number of likely N-dealkylation sites (tertiary alicyclic amines) is 1. The monoisotopic (exact) mass is 511 g/mol. The van der Waals surface area contributed by atoms with Gasteiger partial charge in [-0.2, -0.15) is 5.10 Å². The molecule has 9 nitrogen and oxygen atoms in total. The minimum absolute atomic E-state index is 0.0745. The molecule has 0 aliphatic carbocycles. The molecule has 5 rings (SSSR count). The van der Waals surface area contributed by atoms with Crippen LogP contribution in [0, 0.1) is 0 Å². The number of aromatic nitrogens is 4. The third-order valence-corrected chi connectivity index (χ3v) is 6.81. The molecule has 9 heteroatoms. The molecule has 1 saturated heterocycles. The van der Waals surface area contributed by atoms with Gasteiger partial charge in [-0.15, -0.1) is 0 Å². The van der Waals surface area contributed by atoms with E-state index in [1.807, 2.05) is 77.4 Å². The van der Waals surface area contributed by atoms with Crippen LogP contribution in [0.4, 0.5) is 5.95 Å². The maximum atomic E-state index is 13.3. The van der Waals surface area contributed by atoms with Crippen molar-refractivity contribution in [1.29, 1.82) is 0 Å². The van der Waals surface area contributed by atoms with Crippen molar-refractivity contribution in [2.45, 2.75) is 38.1 Å². The van der Waals surface area contributed by atoms with E-state index in [9.17, 15) is 9.59 Å². The van der Waals surface area contributed by atoms with Crippen molar-refractivity contribution in [3.63, 3.8) is 0 Å². The van der Waals surface area contributed by atoms with Crippen LogP contribution in [0.5, 0.6) is 0 Å². The van der Waals surface area contributed by atoms with Crippen molar-refractivity contribution in [3.8, 4) is 16.8 Å². The van der Waals surface area contributed by atoms with Crippen LogP contribution in [0.1, 0.15) is 41.7 Å². The van der Waals surface area contributed by atoms with E-state index in [2.05, 4.69) is 10.4 Å². The minimum Gasteiger partial charge on any atom is -0.341 e. The highest BCUT2D eigenvalue weighted by Crippen LogP contribution is 2.22. The van der Waals surface area contributed by atoms with Crippen molar-refractivity contribution in [3.05, 3.63) is 84.4 Å². The molecule has 2 amide bonds. The number of rotatable bonds is 8. The second-order valence-electron chi connectivity index (χ2n) is 9.79. The molecule has 2 aromatic carbocycles. The number of nitrogens with zero attached hydrogens (tertiary/aromatic N) is 5. The van der Waals surface area contributed by atoms with Crippen molar-refractivity contribution < 1.29 is 9.59 Å². The Kier molecular flexibility index (Phi) is 7.65. The number of nitrogens with two attached hydrogens (primary N) is 1. The predicted octanol–water partition coefficient (Wildman–Crippen LogP) is 3.80. The third kappa shape index (κ3) is 6.00. The molecule has 1 aliphatic rings. The SMILES string of the molecule is Cn1cc(-c2cccc(C(=O)Nc3nc(CCCC(=O)N4CCC[C@@H](N)C4)cn3-c3ccccc3)c2)cn1. The van der Waals surface area contributed by atoms with Gasteiger partial charge in [0.1, 0.15) is 0 Å². The van der Waals surface area contributed by atoms with Gasteiger partial charge in [0.25, 0.3) is 5.91 Å². The van der Waals surface area contributed by atoms with Gasteiger partial charge in [0.2, 0.25) is 11.9 Å². The molecule has 0 radical (unpaired) electrons. The Morgan fingerprint density at radius 1 is 1.08 bits per heavy atom. The second-order valence-corrected chi connectivity index (χ2v) is 9.79. The number of para-hydroxylation sites is 1. The van der Waals surface area contributed by atoms with Gasteiger partial charge in [0.15, 0.2) is 0 Å². The highest BCUT2D eigenvalue weighted by Gasteiger charge is 2.21. The van der Waals surface area contributed by atoms with Gasteiger partial charge >= 0.3 is 0 Å². The van der Waals surface area contributed by atoms with E-state index in [1.54, 1.807) is 16.9 Å². The van der Waals surface area contributed by atoms with E-state index in [4.69, 9.17) is 10.7 Å². The van der Waals surface area contributed by atoms with Crippen molar-refractivity contribution in [1.82, 2.24) is 24.2 Å². The average molecular weight is 512 g/mol. The molecule has 0 saturated carbocycles. The average Bonchev–Trinajstić information content (AvgIpc) is 3.55. The molecule has 1 atom stereocenters. The van der Waals surface area contributed by atoms with E-state index in [0.29, 0.717) is 37.3 Å². The molecule has 0 spiro atoms. The highest BCUT2D eigenvalue weighted by molar-refractivity contribution is 6.04. The molecule has 0 unspecified atom stereocenters. The minimum atomic E-state index is -0.248. The van der Waals surface area contributed by atoms with Gasteiger partial charge in [0, 0.05) is 61.8 Å². The van der Waals surface area contributed by atoms with Crippen LogP contribution in [0.15, 0.2) is 73.2 Å². The summed E-state index contributed by atoms with van der Waals surface area (Å²) in [4.78, 5) is 32.5. The largest absolute Gasteiger partial charge is 0.341 e. The summed E-state index contributed by atoms with van der Waals surface area (Å²) in [7, 11) is 1.86. The Balaban J connectivity index is 1.30. The zero-order valence-corrected chi connectivity index (χ0v) is 21.6. The summed E-state index contributed by atoms with van der Waals surface area (Å²) in [5.74, 6) is 0.336. The van der Waals surface area contributed by atoms with Crippen LogP contribution >= 0.6 is 0 Å². The quantitative estimate of drug-likeness (QED) is 0.374. The molecule has 3 heterocycles. The van der Waals surface area contributed by atoms with Crippen LogP contribution in [0.3, 0.4) is 0 Å². The summed E-state index contributed by atoms with van der Waals surface area (Å²) < 4.78 is 3.61. The zero-order valence-electron chi connectivity index (χ0n) is 21.6. The van der Waals surface area contributed by atoms with Crippen LogP contribution < -0.4 is 11.1 Å². The number of amides is 2. The van der Waals surface area contributed by atoms with Gasteiger partial charge in [-0.1, -0.05) is 30.3 Å². The lowest BCUT2D eigenvalue weighted by atomic mass is 10.1. The maximum absolute atomic E-state index is 13.3. The number of benzene rings is 2. The molecular formula is C29H33N7O2. The number of piperidine rings is 1. The van der Waals surface area contributed by atoms with Crippen LogP contribution in [0.25, 0.3) is 16.8 Å². The number of carbonyl (C=O) groups is 2. The number of hydrogen-bond donors (Lipinski definition) is 2. The van der Waals surface area contributed by atoms with Gasteiger partial charge in [-0.3, -0.25) is 24.2 Å². The van der Waals surface area contributed by atoms with Gasteiger partial charge < -0.3 is 10.6 Å². The first kappa shape index (κ1) is 25.4. The molecule has 0 bridgehead atoms. The smallest absolute Gasteiger partial charge is 0.258 e. The van der Waals surface area contributed by atoms with E-state index < -0.39 is 0 Å². The first-order valence-corrected chi connectivity index (χ1v) is 13.0. The topological polar surface area (TPSA) is 111 Å². The van der Waals surface area contributed by atoms with Crippen molar-refractivity contribution >= 4 is 17.8 Å². The number of nitrogens with one attached hydrogen (secondary N) is 1. The van der Waals surface area contributed by atoms with E-state index in [1.165, 1.54) is 0 Å². The summed E-state index contributed by atoms with van der Waals surface area (Å²) in [6.07, 6.45) is 9.31. The second kappa shape index (κ2) is 11.4. The summed E-state index contributed by atoms with van der Waals surface area (Å²) in [5.41, 5.74) is 10.1. The maximum Gasteiger partial charge on any atom is 0.258 e. The Labute approximate surface area is 222 Å². The fourth-order valence-corrected chi connectivity index (χ4v) is 4.82. The molecule has 38 heavy (non-hydrogen) atoms. The number of aryl methyl sites for hydroxylation is 2. The van der Waals surface area contributed by atoms with Crippen molar-refractivity contribution in [2.75, 3.05) is 18.4 Å². The Morgan fingerprint density at radius 2 is 1.92 bits per heavy atom. The lowest BCUT2D eigenvalue weighted by Gasteiger charge is -2.30. The summed E-state index contributed by atoms with van der Waals surface area (Å²) in [6, 6.07) is 17.3. The van der Waals surface area contributed by atoms with Crippen LogP contribution in [0.2, 0.25) is 0 Å². The number of carbonyl (C=O) groups excluding carboxylic acids is 2. The zero-order chi connectivity index (χ0) is 26.5. The Bertz CT molecular complexity index is 1410. The standard InChI is InChI=1S/C29H33N7O2/c1-34-18-23(17-31-34)21-8-5-9-22(16-21)28(38)33-29-32-25(20-36(29)26-12-3-2-4-13-26)11-6-14-27(37)35-15-7-10-24(30)19-35/h2-5,8-9,12-13,16-18,20,24H,6-7,10-11,14-15,19,30H2,1H3,(H,32,33,38)/t24-/m1/s1. The van der Waals surface area contributed by atoms with Crippen LogP contribution in [-0.4, -0.2) is 55.2 Å². The normalized spacial score (nSPS) is 15.4.